The molecule has 1 unspecified atom stereocenters. The zero-order valence-electron chi connectivity index (χ0n) is 10.1. The lowest BCUT2D eigenvalue weighted by atomic mass is 9.96. The van der Waals surface area contributed by atoms with Crippen molar-refractivity contribution in [2.24, 2.45) is 5.92 Å². The molecule has 0 radical (unpaired) electrons. The number of rotatable bonds is 5. The van der Waals surface area contributed by atoms with Crippen molar-refractivity contribution in [1.29, 1.82) is 0 Å². The molecule has 0 spiro atoms. The minimum absolute atomic E-state index is 0.0861. The van der Waals surface area contributed by atoms with Crippen molar-refractivity contribution in [2.75, 3.05) is 25.0 Å². The number of piperidine rings is 1. The maximum Gasteiger partial charge on any atom is 0.305 e. The van der Waals surface area contributed by atoms with Crippen LogP contribution in [0.3, 0.4) is 0 Å². The van der Waals surface area contributed by atoms with Gasteiger partial charge in [0, 0.05) is 6.54 Å². The van der Waals surface area contributed by atoms with Crippen molar-refractivity contribution in [2.45, 2.75) is 19.3 Å². The van der Waals surface area contributed by atoms with Crippen molar-refractivity contribution in [3.63, 3.8) is 0 Å². The number of nitro groups is 1. The molecule has 18 heavy (non-hydrogen) atoms. The predicted molar refractivity (Wildman–Crippen MR) is 67.4 cm³/mol. The summed E-state index contributed by atoms with van der Waals surface area (Å²) in [6.07, 6.45) is 6.00. The third-order valence-corrected chi connectivity index (χ3v) is 3.08. The molecule has 0 saturated carbocycles. The van der Waals surface area contributed by atoms with Crippen molar-refractivity contribution >= 4 is 11.6 Å². The van der Waals surface area contributed by atoms with E-state index in [4.69, 9.17) is 0 Å². The number of aromatic nitrogens is 2. The quantitative estimate of drug-likeness (QED) is 0.603. The minimum atomic E-state index is -0.503. The van der Waals surface area contributed by atoms with E-state index in [0.29, 0.717) is 11.9 Å². The summed E-state index contributed by atoms with van der Waals surface area (Å²) >= 11 is 0. The van der Waals surface area contributed by atoms with Gasteiger partial charge in [-0.15, -0.1) is 0 Å². The van der Waals surface area contributed by atoms with Gasteiger partial charge in [0.1, 0.15) is 12.4 Å². The number of hydrogen-bond acceptors (Lipinski definition) is 6. The highest BCUT2D eigenvalue weighted by Gasteiger charge is 2.12. The van der Waals surface area contributed by atoms with E-state index in [1.807, 2.05) is 0 Å². The van der Waals surface area contributed by atoms with E-state index in [1.165, 1.54) is 25.2 Å². The number of hydrogen-bond donors (Lipinski definition) is 2. The van der Waals surface area contributed by atoms with Gasteiger partial charge < -0.3 is 10.6 Å². The first kappa shape index (κ1) is 12.7. The topological polar surface area (TPSA) is 93.0 Å². The third-order valence-electron chi connectivity index (χ3n) is 3.08. The van der Waals surface area contributed by atoms with Crippen LogP contribution < -0.4 is 10.6 Å². The first-order chi connectivity index (χ1) is 8.75. The molecule has 0 aromatic carbocycles. The van der Waals surface area contributed by atoms with Gasteiger partial charge in [-0.25, -0.2) is 9.97 Å². The van der Waals surface area contributed by atoms with E-state index < -0.39 is 4.92 Å². The lowest BCUT2D eigenvalue weighted by Gasteiger charge is -2.22. The summed E-state index contributed by atoms with van der Waals surface area (Å²) in [4.78, 5) is 17.7. The Morgan fingerprint density at radius 3 is 2.89 bits per heavy atom. The SMILES string of the molecule is O=[N+]([O-])c1cnc(NCCC2CCCNC2)nc1. The van der Waals surface area contributed by atoms with Crippen LogP contribution in [0.5, 0.6) is 0 Å². The van der Waals surface area contributed by atoms with Gasteiger partial charge in [-0.2, -0.15) is 0 Å². The molecule has 2 N–H and O–H groups in total. The Balaban J connectivity index is 1.74. The molecule has 0 amide bonds. The van der Waals surface area contributed by atoms with E-state index in [1.54, 1.807) is 0 Å². The second-order valence-electron chi connectivity index (χ2n) is 4.45. The van der Waals surface area contributed by atoms with E-state index >= 15 is 0 Å². The second-order valence-corrected chi connectivity index (χ2v) is 4.45. The number of anilines is 1. The summed E-state index contributed by atoms with van der Waals surface area (Å²) in [5.74, 6) is 1.15. The highest BCUT2D eigenvalue weighted by atomic mass is 16.6. The molecule has 1 saturated heterocycles. The maximum atomic E-state index is 10.4. The van der Waals surface area contributed by atoms with Crippen molar-refractivity contribution < 1.29 is 4.92 Å². The van der Waals surface area contributed by atoms with Crippen LogP contribution in [0.15, 0.2) is 12.4 Å². The van der Waals surface area contributed by atoms with E-state index in [-0.39, 0.29) is 5.69 Å². The van der Waals surface area contributed by atoms with Gasteiger partial charge in [0.2, 0.25) is 5.95 Å². The highest BCUT2D eigenvalue weighted by molar-refractivity contribution is 5.30. The fraction of sp³-hybridized carbons (Fsp3) is 0.636. The van der Waals surface area contributed by atoms with Crippen molar-refractivity contribution in [3.05, 3.63) is 22.5 Å². The Kier molecular flexibility index (Phi) is 4.40. The zero-order valence-corrected chi connectivity index (χ0v) is 10.1. The molecule has 1 aromatic heterocycles. The molecule has 2 heterocycles. The smallest absolute Gasteiger partial charge is 0.305 e. The molecule has 2 rings (SSSR count). The van der Waals surface area contributed by atoms with Crippen LogP contribution in [-0.4, -0.2) is 34.5 Å². The van der Waals surface area contributed by atoms with E-state index in [0.717, 1.165) is 26.1 Å². The molecular weight excluding hydrogens is 234 g/mol. The summed E-state index contributed by atoms with van der Waals surface area (Å²) in [6, 6.07) is 0. The van der Waals surface area contributed by atoms with Crippen LogP contribution in [-0.2, 0) is 0 Å². The molecule has 1 fully saturated rings. The molecule has 1 aliphatic rings. The summed E-state index contributed by atoms with van der Waals surface area (Å²) in [5.41, 5.74) is -0.0861. The van der Waals surface area contributed by atoms with Crippen LogP contribution >= 0.6 is 0 Å². The molecule has 98 valence electrons. The Morgan fingerprint density at radius 1 is 1.50 bits per heavy atom. The average Bonchev–Trinajstić information content (AvgIpc) is 2.40. The molecule has 1 aliphatic heterocycles. The van der Waals surface area contributed by atoms with Gasteiger partial charge in [0.15, 0.2) is 0 Å². The van der Waals surface area contributed by atoms with E-state index in [9.17, 15) is 10.1 Å². The standard InChI is InChI=1S/C11H17N5O2/c17-16(18)10-7-14-11(15-8-10)13-5-3-9-2-1-4-12-6-9/h7-9,12H,1-6H2,(H,13,14,15). The Bertz CT molecular complexity index is 389. The summed E-state index contributed by atoms with van der Waals surface area (Å²) in [6.45, 7) is 2.99. The maximum absolute atomic E-state index is 10.4. The molecule has 1 aromatic rings. The fourth-order valence-corrected chi connectivity index (χ4v) is 2.07. The van der Waals surface area contributed by atoms with E-state index in [2.05, 4.69) is 20.6 Å². The molecule has 0 bridgehead atoms. The minimum Gasteiger partial charge on any atom is -0.354 e. The average molecular weight is 251 g/mol. The Labute approximate surface area is 105 Å². The molecular formula is C11H17N5O2. The summed E-state index contributed by atoms with van der Waals surface area (Å²) in [7, 11) is 0. The van der Waals surface area contributed by atoms with Gasteiger partial charge in [0.05, 0.1) is 4.92 Å². The molecule has 7 heteroatoms. The summed E-state index contributed by atoms with van der Waals surface area (Å²) < 4.78 is 0. The van der Waals surface area contributed by atoms with Gasteiger partial charge in [-0.3, -0.25) is 10.1 Å². The van der Waals surface area contributed by atoms with Crippen LogP contribution in [0.2, 0.25) is 0 Å². The van der Waals surface area contributed by atoms with Crippen molar-refractivity contribution in [3.8, 4) is 0 Å². The highest BCUT2D eigenvalue weighted by Crippen LogP contribution is 2.14. The van der Waals surface area contributed by atoms with Crippen LogP contribution in [0.25, 0.3) is 0 Å². The van der Waals surface area contributed by atoms with Gasteiger partial charge in [0.25, 0.3) is 0 Å². The van der Waals surface area contributed by atoms with Gasteiger partial charge >= 0.3 is 5.69 Å². The largest absolute Gasteiger partial charge is 0.354 e. The molecule has 1 atom stereocenters. The fourth-order valence-electron chi connectivity index (χ4n) is 2.07. The first-order valence-corrected chi connectivity index (χ1v) is 6.17. The van der Waals surface area contributed by atoms with Gasteiger partial charge in [-0.1, -0.05) is 0 Å². The molecule has 0 aliphatic carbocycles. The second kappa shape index (κ2) is 6.25. The first-order valence-electron chi connectivity index (χ1n) is 6.17. The lowest BCUT2D eigenvalue weighted by Crippen LogP contribution is -2.30. The molecule has 7 nitrogen and oxygen atoms in total. The Morgan fingerprint density at radius 2 is 2.28 bits per heavy atom. The Hall–Kier alpha value is -1.76. The summed E-state index contributed by atoms with van der Waals surface area (Å²) in [5, 5.41) is 16.9. The van der Waals surface area contributed by atoms with Crippen LogP contribution in [0, 0.1) is 16.0 Å². The predicted octanol–water partition coefficient (Wildman–Crippen LogP) is 1.19. The van der Waals surface area contributed by atoms with Gasteiger partial charge in [-0.05, 0) is 38.3 Å². The van der Waals surface area contributed by atoms with Crippen LogP contribution in [0.1, 0.15) is 19.3 Å². The number of nitrogens with zero attached hydrogens (tertiary/aromatic N) is 3. The zero-order chi connectivity index (χ0) is 12.8. The van der Waals surface area contributed by atoms with Crippen molar-refractivity contribution in [1.82, 2.24) is 15.3 Å². The normalized spacial score (nSPS) is 19.4. The van der Waals surface area contributed by atoms with Crippen LogP contribution in [0.4, 0.5) is 11.6 Å². The number of nitrogens with one attached hydrogen (secondary N) is 2. The third kappa shape index (κ3) is 3.63. The lowest BCUT2D eigenvalue weighted by molar-refractivity contribution is -0.385. The monoisotopic (exact) mass is 251 g/mol.